The van der Waals surface area contributed by atoms with Gasteiger partial charge in [-0.05, 0) is 74.7 Å². The average Bonchev–Trinajstić information content (AvgIpc) is 3.83. The first-order valence-corrected chi connectivity index (χ1v) is 15.0. The number of hydrogen-bond donors (Lipinski definition) is 1. The van der Waals surface area contributed by atoms with E-state index in [0.717, 1.165) is 68.6 Å². The summed E-state index contributed by atoms with van der Waals surface area (Å²) < 4.78 is 47.9. The van der Waals surface area contributed by atoms with Crippen molar-refractivity contribution >= 4 is 40.4 Å². The molecule has 3 fully saturated rings. The number of thiophene rings is 1. The second-order valence-corrected chi connectivity index (χ2v) is 12.1. The van der Waals surface area contributed by atoms with E-state index in [0.29, 0.717) is 15.9 Å². The van der Waals surface area contributed by atoms with Gasteiger partial charge in [0.05, 0.1) is 15.5 Å². The molecule has 0 unspecified atom stereocenters. The Morgan fingerprint density at radius 3 is 2.50 bits per heavy atom. The number of nitrogens with zero attached hydrogens (tertiary/aromatic N) is 4. The highest BCUT2D eigenvalue weighted by molar-refractivity contribution is 7.98. The van der Waals surface area contributed by atoms with Crippen molar-refractivity contribution in [2.45, 2.75) is 48.8 Å². The second kappa shape index (κ2) is 10.2. The molecule has 6 nitrogen and oxygen atoms in total. The molecule has 6 rings (SSSR count). The van der Waals surface area contributed by atoms with Crippen LogP contribution in [0.4, 0.5) is 30.5 Å². The van der Waals surface area contributed by atoms with E-state index in [9.17, 15) is 13.2 Å². The van der Waals surface area contributed by atoms with Gasteiger partial charge in [0.1, 0.15) is 11.7 Å². The monoisotopic (exact) mass is 561 g/mol. The molecule has 11 heteroatoms. The minimum atomic E-state index is -4.57. The van der Waals surface area contributed by atoms with Gasteiger partial charge < -0.3 is 19.9 Å². The molecule has 38 heavy (non-hydrogen) atoms. The highest BCUT2D eigenvalue weighted by atomic mass is 32.2. The van der Waals surface area contributed by atoms with Crippen LogP contribution in [-0.4, -0.2) is 60.5 Å². The fraction of sp³-hybridized carbons (Fsp3) is 0.481. The van der Waals surface area contributed by atoms with Gasteiger partial charge in [0, 0.05) is 43.8 Å². The number of anilines is 3. The van der Waals surface area contributed by atoms with E-state index >= 15 is 0 Å². The van der Waals surface area contributed by atoms with E-state index < -0.39 is 11.7 Å². The van der Waals surface area contributed by atoms with Crippen molar-refractivity contribution in [1.82, 2.24) is 14.9 Å². The van der Waals surface area contributed by atoms with Crippen molar-refractivity contribution in [3.8, 4) is 15.6 Å². The largest absolute Gasteiger partial charge is 0.480 e. The molecular formula is C27H30F3N5OS2. The first-order chi connectivity index (χ1) is 18.3. The molecule has 1 aliphatic heterocycles. The number of hydrogen-bond acceptors (Lipinski definition) is 8. The maximum absolute atomic E-state index is 14.0. The zero-order chi connectivity index (χ0) is 26.4. The summed E-state index contributed by atoms with van der Waals surface area (Å²) in [5, 5.41) is 3.91. The van der Waals surface area contributed by atoms with Crippen LogP contribution < -0.4 is 15.0 Å². The highest BCUT2D eigenvalue weighted by Gasteiger charge is 2.37. The Bertz CT molecular complexity index is 1310. The van der Waals surface area contributed by atoms with Crippen LogP contribution in [0.5, 0.6) is 5.06 Å². The Morgan fingerprint density at radius 2 is 1.84 bits per heavy atom. The second-order valence-electron chi connectivity index (χ2n) is 10.2. The van der Waals surface area contributed by atoms with E-state index in [-0.39, 0.29) is 17.7 Å². The van der Waals surface area contributed by atoms with E-state index in [4.69, 9.17) is 4.74 Å². The molecule has 1 aromatic carbocycles. The van der Waals surface area contributed by atoms with Crippen LogP contribution in [0.3, 0.4) is 0 Å². The number of likely N-dealkylation sites (N-methyl/N-ethyl adjacent to an activating group) is 1. The Hall–Kier alpha value is -2.50. The highest BCUT2D eigenvalue weighted by Crippen LogP contribution is 2.48. The summed E-state index contributed by atoms with van der Waals surface area (Å²) in [5.74, 6) is 0.605. The van der Waals surface area contributed by atoms with Gasteiger partial charge in [0.2, 0.25) is 5.95 Å². The molecule has 0 bridgehead atoms. The normalized spacial score (nSPS) is 18.6. The van der Waals surface area contributed by atoms with Gasteiger partial charge in [-0.2, -0.15) is 13.2 Å². The fourth-order valence-corrected chi connectivity index (χ4v) is 6.52. The van der Waals surface area contributed by atoms with Crippen molar-refractivity contribution in [2.75, 3.05) is 49.7 Å². The van der Waals surface area contributed by atoms with Crippen molar-refractivity contribution in [3.63, 3.8) is 0 Å². The first-order valence-electron chi connectivity index (χ1n) is 12.9. The van der Waals surface area contributed by atoms with Crippen molar-refractivity contribution < 1.29 is 17.9 Å². The molecule has 3 aliphatic rings. The van der Waals surface area contributed by atoms with E-state index in [1.165, 1.54) is 34.3 Å². The number of piperazine rings is 1. The number of thioether (sulfide) groups is 1. The summed E-state index contributed by atoms with van der Waals surface area (Å²) in [5.41, 5.74) is 2.24. The van der Waals surface area contributed by atoms with Crippen LogP contribution in [0.25, 0.3) is 10.6 Å². The third kappa shape index (κ3) is 5.60. The Labute approximate surface area is 228 Å². The summed E-state index contributed by atoms with van der Waals surface area (Å²) in [6.07, 6.45) is 2.55. The van der Waals surface area contributed by atoms with E-state index in [1.807, 2.05) is 12.3 Å². The molecule has 1 N–H and O–H groups in total. The van der Waals surface area contributed by atoms with Crippen LogP contribution in [-0.2, 0) is 6.18 Å². The van der Waals surface area contributed by atoms with Crippen LogP contribution in [0.1, 0.15) is 42.7 Å². The zero-order valence-electron chi connectivity index (χ0n) is 21.3. The summed E-state index contributed by atoms with van der Waals surface area (Å²) in [6.45, 7) is 4.00. The van der Waals surface area contributed by atoms with Crippen LogP contribution in [0.2, 0.25) is 0 Å². The SMILES string of the molecule is CSc1cc(-c2nc(Nc3ccc(N4CCN(C)CC4)cc3C3CC3)ncc2C(F)(F)F)sc1OC1CC1. The predicted molar refractivity (Wildman–Crippen MR) is 147 cm³/mol. The van der Waals surface area contributed by atoms with E-state index in [1.54, 1.807) is 6.07 Å². The number of aromatic nitrogens is 2. The molecule has 0 amide bonds. The van der Waals surface area contributed by atoms with Gasteiger partial charge in [-0.25, -0.2) is 9.97 Å². The molecule has 0 spiro atoms. The molecule has 0 atom stereocenters. The minimum absolute atomic E-state index is 0.122. The van der Waals surface area contributed by atoms with E-state index in [2.05, 4.69) is 44.3 Å². The molecule has 0 radical (unpaired) electrons. The Kier molecular flexibility index (Phi) is 6.94. The zero-order valence-corrected chi connectivity index (χ0v) is 23.0. The number of halogens is 3. The Morgan fingerprint density at radius 1 is 1.08 bits per heavy atom. The maximum atomic E-state index is 14.0. The van der Waals surface area contributed by atoms with Gasteiger partial charge in [-0.1, -0.05) is 11.3 Å². The van der Waals surface area contributed by atoms with Crippen molar-refractivity contribution in [3.05, 3.63) is 41.6 Å². The standard InChI is InChI=1S/C27H30F3N5OS2/c1-34-9-11-35(12-10-34)17-5-8-21(19(13-17)16-3-4-16)32-26-31-15-20(27(28,29)30)24(33-26)22-14-23(37-2)25(38-22)36-18-6-7-18/h5,8,13-16,18H,3-4,6-7,9-12H2,1-2H3,(H,31,32,33). The van der Waals surface area contributed by atoms with Crippen LogP contribution >= 0.6 is 23.1 Å². The van der Waals surface area contributed by atoms with Gasteiger partial charge in [0.25, 0.3) is 0 Å². The van der Waals surface area contributed by atoms with Crippen LogP contribution in [0, 0.1) is 0 Å². The average molecular weight is 562 g/mol. The number of nitrogens with one attached hydrogen (secondary N) is 1. The number of alkyl halides is 3. The third-order valence-electron chi connectivity index (χ3n) is 7.18. The van der Waals surface area contributed by atoms with Gasteiger partial charge >= 0.3 is 6.18 Å². The lowest BCUT2D eigenvalue weighted by molar-refractivity contribution is -0.137. The molecule has 2 saturated carbocycles. The predicted octanol–water partition coefficient (Wildman–Crippen LogP) is 6.86. The lowest BCUT2D eigenvalue weighted by Gasteiger charge is -2.34. The van der Waals surface area contributed by atoms with Crippen LogP contribution in [0.15, 0.2) is 35.4 Å². The fourth-order valence-electron chi connectivity index (χ4n) is 4.65. The summed E-state index contributed by atoms with van der Waals surface area (Å²) in [6, 6.07) is 8.06. The molecule has 2 aromatic heterocycles. The summed E-state index contributed by atoms with van der Waals surface area (Å²) in [7, 11) is 2.14. The molecule has 202 valence electrons. The van der Waals surface area contributed by atoms with Gasteiger partial charge in [-0.3, -0.25) is 0 Å². The molecule has 3 aromatic rings. The smallest absolute Gasteiger partial charge is 0.420 e. The topological polar surface area (TPSA) is 53.5 Å². The summed E-state index contributed by atoms with van der Waals surface area (Å²) >= 11 is 2.68. The maximum Gasteiger partial charge on any atom is 0.420 e. The number of ether oxygens (including phenoxy) is 1. The van der Waals surface area contributed by atoms with Gasteiger partial charge in [-0.15, -0.1) is 11.8 Å². The van der Waals surface area contributed by atoms with Crippen molar-refractivity contribution in [2.24, 2.45) is 0 Å². The van der Waals surface area contributed by atoms with Crippen molar-refractivity contribution in [1.29, 1.82) is 0 Å². The molecular weight excluding hydrogens is 531 g/mol. The third-order valence-corrected chi connectivity index (χ3v) is 9.08. The number of rotatable bonds is 8. The van der Waals surface area contributed by atoms with Gasteiger partial charge in [0.15, 0.2) is 5.06 Å². The first kappa shape index (κ1) is 25.8. The molecule has 1 saturated heterocycles. The summed E-state index contributed by atoms with van der Waals surface area (Å²) in [4.78, 5) is 14.5. The molecule has 2 aliphatic carbocycles. The lowest BCUT2D eigenvalue weighted by Crippen LogP contribution is -2.44. The quantitative estimate of drug-likeness (QED) is 0.302. The molecule has 3 heterocycles. The Balaban J connectivity index is 1.32. The minimum Gasteiger partial charge on any atom is -0.480 e. The lowest BCUT2D eigenvalue weighted by atomic mass is 10.1. The number of benzene rings is 1.